The van der Waals surface area contributed by atoms with E-state index < -0.39 is 5.97 Å². The van der Waals surface area contributed by atoms with Gasteiger partial charge < -0.3 is 26.2 Å². The molecule has 0 aliphatic rings. The maximum absolute atomic E-state index is 11.4. The number of carboxylic acid groups (broad SMARTS) is 1. The highest BCUT2D eigenvalue weighted by Gasteiger charge is 2.12. The van der Waals surface area contributed by atoms with Crippen LogP contribution in [0.1, 0.15) is 63.5 Å². The molecule has 0 spiro atoms. The molecule has 10 heterocycles. The van der Waals surface area contributed by atoms with E-state index in [1.807, 2.05) is 119 Å². The molecule has 0 amide bonds. The molecular weight excluding hydrogens is 964 g/mol. The van der Waals surface area contributed by atoms with Crippen LogP contribution in [0.25, 0.3) is 27.3 Å². The molecule has 0 aliphatic heterocycles. The minimum absolute atomic E-state index is 0.0877. The molecule has 0 aromatic carbocycles. The highest BCUT2D eigenvalue weighted by Crippen LogP contribution is 2.18. The molecule has 0 saturated heterocycles. The maximum atomic E-state index is 11.4. The summed E-state index contributed by atoms with van der Waals surface area (Å²) in [4.78, 5) is 45.9. The number of hydrogen-bond acceptors (Lipinski definition) is 16. The zero-order valence-corrected chi connectivity index (χ0v) is 43.1. The van der Waals surface area contributed by atoms with Crippen molar-refractivity contribution in [2.75, 3.05) is 18.2 Å². The molecule has 0 saturated carbocycles. The van der Waals surface area contributed by atoms with Crippen molar-refractivity contribution in [1.29, 1.82) is 0 Å². The molecule has 10 aromatic heterocycles. The molecule has 10 aromatic rings. The third-order valence-corrected chi connectivity index (χ3v) is 9.59. The summed E-state index contributed by atoms with van der Waals surface area (Å²) in [6, 6.07) is 32.9. The normalized spacial score (nSPS) is 10.5. The standard InChI is InChI=1S/C8H7N3O2.C8H9N3O.C8H9N3.C8H12N2S.C7H8N4.C6H6N2O.C2H4ClNO/c1-5-9-7-4-2-3-6(8(12)13)11(7)10-5;1-6-4-3-5-8-9-7(2)11(12)10(6)8;1-6-4-3-5-8-9-7(2)10-11(6)8;1-7-5-4-6-8(9-7)10-11(2)3;1-5-9-7-4-2-3-6(8)11(7)10-5;1-5-3-2-4-6(7-5)8-9;1-2(3)4-5/h2-4H,1H3,(H,12,13);3-5H,1-2H3;3-5H,1-2H3;4-6H,1-3H3;2-4H,8H2,1H3;2-4H,1H3;5H,1H3/b;;;;;;4-2-. The summed E-state index contributed by atoms with van der Waals surface area (Å²) in [7, 11) is 0. The van der Waals surface area contributed by atoms with Crippen LogP contribution in [-0.4, -0.2) is 97.2 Å². The number of nitrogens with zero attached hydrogens (tertiary/aromatic N) is 17. The van der Waals surface area contributed by atoms with Crippen LogP contribution < -0.4 is 10.6 Å². The Labute approximate surface area is 422 Å². The zero-order chi connectivity index (χ0) is 53.1. The van der Waals surface area contributed by atoms with E-state index in [0.29, 0.717) is 28.8 Å². The van der Waals surface area contributed by atoms with Crippen molar-refractivity contribution < 1.29 is 20.0 Å². The van der Waals surface area contributed by atoms with E-state index in [0.717, 1.165) is 56.4 Å². The van der Waals surface area contributed by atoms with E-state index in [-0.39, 0.29) is 27.8 Å². The number of nitrogen functional groups attached to an aromatic ring is 1. The largest absolute Gasteiger partial charge is 0.692 e. The van der Waals surface area contributed by atoms with Crippen LogP contribution >= 0.6 is 11.6 Å². The molecule has 4 N–H and O–H groups in total. The maximum Gasteiger partial charge on any atom is 0.354 e. The van der Waals surface area contributed by atoms with Gasteiger partial charge in [-0.05, 0) is 126 Å². The Bertz CT molecular complexity index is 3330. The lowest BCUT2D eigenvalue weighted by atomic mass is 10.3. The lowest BCUT2D eigenvalue weighted by molar-refractivity contribution is -0.684. The van der Waals surface area contributed by atoms with Crippen LogP contribution in [-0.2, 0) is 11.1 Å². The van der Waals surface area contributed by atoms with Crippen molar-refractivity contribution in [3.8, 4) is 0 Å². The number of nitroso groups, excluding NO2 is 1. The first kappa shape index (κ1) is 56.0. The number of pyridine rings is 6. The monoisotopic (exact) mass is 1020 g/mol. The second-order valence-corrected chi connectivity index (χ2v) is 17.5. The average Bonchev–Trinajstić information content (AvgIpc) is 4.10. The van der Waals surface area contributed by atoms with Gasteiger partial charge in [0.25, 0.3) is 5.65 Å². The number of oxime groups is 1. The van der Waals surface area contributed by atoms with Gasteiger partial charge in [0.2, 0.25) is 0 Å². The van der Waals surface area contributed by atoms with Gasteiger partial charge in [-0.3, -0.25) is 4.72 Å². The molecule has 72 heavy (non-hydrogen) atoms. The van der Waals surface area contributed by atoms with E-state index in [1.54, 1.807) is 48.7 Å². The topological polar surface area (TPSA) is 300 Å². The second kappa shape index (κ2) is 26.9. The first-order valence-corrected chi connectivity index (χ1v) is 23.9. The first-order chi connectivity index (χ1) is 34.2. The number of aryl methyl sites for hydroxylation is 8. The molecule has 0 aliphatic carbocycles. The van der Waals surface area contributed by atoms with Crippen molar-refractivity contribution in [2.24, 2.45) is 10.3 Å². The van der Waals surface area contributed by atoms with Crippen LogP contribution in [0.5, 0.6) is 0 Å². The molecule has 0 atom stereocenters. The van der Waals surface area contributed by atoms with Crippen LogP contribution in [0, 0.1) is 65.5 Å². The number of rotatable bonds is 4. The quantitative estimate of drug-likeness (QED) is 0.0284. The third-order valence-electron chi connectivity index (χ3n) is 8.96. The molecule has 0 unspecified atom stereocenters. The van der Waals surface area contributed by atoms with Crippen molar-refractivity contribution in [2.45, 2.75) is 62.3 Å². The van der Waals surface area contributed by atoms with Crippen molar-refractivity contribution >= 4 is 73.9 Å². The Morgan fingerprint density at radius 2 is 1.12 bits per heavy atom. The van der Waals surface area contributed by atoms with Crippen molar-refractivity contribution in [3.63, 3.8) is 0 Å². The zero-order valence-electron chi connectivity index (χ0n) is 41.5. The second-order valence-electron chi connectivity index (χ2n) is 15.2. The molecule has 376 valence electrons. The fraction of sp³-hybridized carbons (Fsp3) is 0.234. The highest BCUT2D eigenvalue weighted by atomic mass is 35.5. The SMILES string of the molecule is C/C(Cl)=N/O.Cc1cccc(N=O)n1.Cc1cccc([N-][S+](C)C)n1.Cc1cccc2nc(C)[n+]([O-])n12.Cc1nc2cccc(C(=O)O)n2n1.Cc1nc2cccc(C)n2n1.Cc1nc2cccc(N)n2n1. The van der Waals surface area contributed by atoms with Gasteiger partial charge in [-0.25, -0.2) is 33.8 Å². The van der Waals surface area contributed by atoms with Crippen LogP contribution in [0.4, 0.5) is 17.5 Å². The van der Waals surface area contributed by atoms with Gasteiger partial charge in [-0.2, -0.15) is 14.7 Å². The van der Waals surface area contributed by atoms with Gasteiger partial charge in [-0.15, -0.1) is 19.4 Å². The molecule has 10 rings (SSSR count). The van der Waals surface area contributed by atoms with E-state index in [9.17, 15) is 14.9 Å². The third kappa shape index (κ3) is 16.8. The minimum atomic E-state index is -1.00. The van der Waals surface area contributed by atoms with Gasteiger partial charge in [0.1, 0.15) is 41.0 Å². The number of halogens is 1. The van der Waals surface area contributed by atoms with Crippen molar-refractivity contribution in [1.82, 2.24) is 63.3 Å². The van der Waals surface area contributed by atoms with Crippen molar-refractivity contribution in [3.05, 3.63) is 176 Å². The summed E-state index contributed by atoms with van der Waals surface area (Å²) in [5.41, 5.74) is 12.6. The lowest BCUT2D eigenvalue weighted by Crippen LogP contribution is -2.36. The number of anilines is 1. The van der Waals surface area contributed by atoms with E-state index in [4.69, 9.17) is 27.6 Å². The summed E-state index contributed by atoms with van der Waals surface area (Å²) >= 11 is 5.05. The predicted molar refractivity (Wildman–Crippen MR) is 279 cm³/mol. The van der Waals surface area contributed by atoms with Crippen LogP contribution in [0.15, 0.2) is 120 Å². The number of fused-ring (bicyclic) bond motifs is 4. The summed E-state index contributed by atoms with van der Waals surface area (Å²) in [6.45, 7) is 16.3. The number of hydrogen-bond donors (Lipinski definition) is 3. The molecule has 23 nitrogen and oxygen atoms in total. The number of aromatic carboxylic acids is 1. The fourth-order valence-corrected chi connectivity index (χ4v) is 6.44. The number of aromatic nitrogens is 14. The molecular formula is C47H55ClN18O5S. The highest BCUT2D eigenvalue weighted by molar-refractivity contribution is 7.98. The predicted octanol–water partition coefficient (Wildman–Crippen LogP) is 8.30. The lowest BCUT2D eigenvalue weighted by Gasteiger charge is -2.10. The number of carboxylic acids is 1. The van der Waals surface area contributed by atoms with Gasteiger partial charge in [0.05, 0.1) is 5.69 Å². The Morgan fingerprint density at radius 3 is 1.61 bits per heavy atom. The summed E-state index contributed by atoms with van der Waals surface area (Å²) in [5.74, 6) is 3.30. The summed E-state index contributed by atoms with van der Waals surface area (Å²) < 4.78 is 10.7. The first-order valence-electron chi connectivity index (χ1n) is 21.5. The number of nitrogens with two attached hydrogens (primary N) is 1. The summed E-state index contributed by atoms with van der Waals surface area (Å²) in [6.07, 6.45) is 4.15. The molecule has 0 radical (unpaired) electrons. The van der Waals surface area contributed by atoms with Crippen LogP contribution in [0.2, 0.25) is 0 Å². The van der Waals surface area contributed by atoms with Gasteiger partial charge in [0, 0.05) is 35.5 Å². The van der Waals surface area contributed by atoms with Gasteiger partial charge in [-0.1, -0.05) is 71.0 Å². The van der Waals surface area contributed by atoms with E-state index in [1.165, 1.54) is 22.0 Å². The number of carbonyl (C=O) groups is 1. The van der Waals surface area contributed by atoms with Gasteiger partial charge >= 0.3 is 11.8 Å². The Kier molecular flexibility index (Phi) is 20.9. The Hall–Kier alpha value is -8.64. The summed E-state index contributed by atoms with van der Waals surface area (Å²) in [5, 5.41) is 45.4. The smallest absolute Gasteiger partial charge is 0.354 e. The average molecular weight is 1020 g/mol. The Morgan fingerprint density at radius 1 is 0.653 bits per heavy atom. The van der Waals surface area contributed by atoms with Gasteiger partial charge in [0.15, 0.2) is 28.5 Å². The molecule has 0 bridgehead atoms. The molecule has 0 fully saturated rings. The molecule has 25 heteroatoms. The van der Waals surface area contributed by atoms with E-state index in [2.05, 4.69) is 72.8 Å². The fourth-order valence-electron chi connectivity index (χ4n) is 5.97. The van der Waals surface area contributed by atoms with Crippen LogP contribution in [0.3, 0.4) is 0 Å². The minimum Gasteiger partial charge on any atom is -0.692 e. The van der Waals surface area contributed by atoms with E-state index >= 15 is 0 Å². The Balaban J connectivity index is 0.000000185.